The standard InChI is InChI=1S/C12H17N5O/c1-3-6-18-12-7-11(14-9-15-12)13-8-10-4-5-16-17(10)2/h4-5,7,9H,3,6,8H2,1-2H3,(H,13,14,15). The normalized spacial score (nSPS) is 10.3. The van der Waals surface area contributed by atoms with Gasteiger partial charge in [-0.1, -0.05) is 6.92 Å². The van der Waals surface area contributed by atoms with Gasteiger partial charge in [-0.15, -0.1) is 0 Å². The second-order valence-corrected chi connectivity index (χ2v) is 3.89. The largest absolute Gasteiger partial charge is 0.478 e. The van der Waals surface area contributed by atoms with Crippen molar-refractivity contribution in [1.82, 2.24) is 19.7 Å². The molecule has 96 valence electrons. The number of aryl methyl sites for hydroxylation is 1. The van der Waals surface area contributed by atoms with Crippen LogP contribution in [0.15, 0.2) is 24.7 Å². The molecule has 0 aliphatic rings. The third-order valence-electron chi connectivity index (χ3n) is 2.47. The molecular formula is C12H17N5O. The average Bonchev–Trinajstić information content (AvgIpc) is 2.80. The summed E-state index contributed by atoms with van der Waals surface area (Å²) in [5, 5.41) is 7.32. The van der Waals surface area contributed by atoms with Crippen LogP contribution in [-0.4, -0.2) is 26.4 Å². The van der Waals surface area contributed by atoms with Crippen molar-refractivity contribution in [2.45, 2.75) is 19.9 Å². The van der Waals surface area contributed by atoms with Gasteiger partial charge in [-0.3, -0.25) is 4.68 Å². The quantitative estimate of drug-likeness (QED) is 0.840. The molecule has 0 atom stereocenters. The van der Waals surface area contributed by atoms with E-state index in [4.69, 9.17) is 4.74 Å². The summed E-state index contributed by atoms with van der Waals surface area (Å²) in [7, 11) is 1.91. The summed E-state index contributed by atoms with van der Waals surface area (Å²) in [4.78, 5) is 8.19. The topological polar surface area (TPSA) is 64.9 Å². The van der Waals surface area contributed by atoms with Gasteiger partial charge in [0.1, 0.15) is 12.1 Å². The lowest BCUT2D eigenvalue weighted by molar-refractivity contribution is 0.305. The van der Waals surface area contributed by atoms with Crippen molar-refractivity contribution in [3.63, 3.8) is 0 Å². The summed E-state index contributed by atoms with van der Waals surface area (Å²) in [5.41, 5.74) is 1.09. The van der Waals surface area contributed by atoms with Crippen LogP contribution < -0.4 is 10.1 Å². The van der Waals surface area contributed by atoms with E-state index >= 15 is 0 Å². The molecule has 0 radical (unpaired) electrons. The molecule has 0 aliphatic heterocycles. The Morgan fingerprint density at radius 1 is 1.39 bits per heavy atom. The molecule has 0 saturated carbocycles. The van der Waals surface area contributed by atoms with Crippen molar-refractivity contribution in [1.29, 1.82) is 0 Å². The van der Waals surface area contributed by atoms with Crippen LogP contribution in [0.2, 0.25) is 0 Å². The molecule has 2 aromatic heterocycles. The van der Waals surface area contributed by atoms with Gasteiger partial charge in [-0.2, -0.15) is 5.10 Å². The number of hydrogen-bond acceptors (Lipinski definition) is 5. The number of anilines is 1. The van der Waals surface area contributed by atoms with Crippen molar-refractivity contribution in [2.24, 2.45) is 7.05 Å². The van der Waals surface area contributed by atoms with Gasteiger partial charge in [0.15, 0.2) is 0 Å². The van der Waals surface area contributed by atoms with Crippen molar-refractivity contribution in [3.8, 4) is 5.88 Å². The lowest BCUT2D eigenvalue weighted by Gasteiger charge is -2.07. The molecule has 0 aliphatic carbocycles. The Morgan fingerprint density at radius 3 is 3.00 bits per heavy atom. The van der Waals surface area contributed by atoms with Gasteiger partial charge in [0.25, 0.3) is 0 Å². The van der Waals surface area contributed by atoms with E-state index in [9.17, 15) is 0 Å². The first kappa shape index (κ1) is 12.3. The Morgan fingerprint density at radius 2 is 2.28 bits per heavy atom. The number of aromatic nitrogens is 4. The van der Waals surface area contributed by atoms with Crippen LogP contribution in [0.1, 0.15) is 19.0 Å². The maximum absolute atomic E-state index is 5.45. The fourth-order valence-electron chi connectivity index (χ4n) is 1.48. The van der Waals surface area contributed by atoms with Gasteiger partial charge in [0.2, 0.25) is 5.88 Å². The molecule has 6 heteroatoms. The molecule has 1 N–H and O–H groups in total. The molecule has 2 aromatic rings. The van der Waals surface area contributed by atoms with E-state index < -0.39 is 0 Å². The van der Waals surface area contributed by atoms with Crippen LogP contribution in [0.25, 0.3) is 0 Å². The lowest BCUT2D eigenvalue weighted by atomic mass is 10.4. The Kier molecular flexibility index (Phi) is 4.11. The Bertz CT molecular complexity index is 497. The van der Waals surface area contributed by atoms with Gasteiger partial charge in [-0.05, 0) is 12.5 Å². The molecule has 6 nitrogen and oxygen atoms in total. The van der Waals surface area contributed by atoms with E-state index in [1.807, 2.05) is 17.8 Å². The highest BCUT2D eigenvalue weighted by atomic mass is 16.5. The zero-order chi connectivity index (χ0) is 12.8. The van der Waals surface area contributed by atoms with Gasteiger partial charge in [0, 0.05) is 19.3 Å². The number of rotatable bonds is 6. The highest BCUT2D eigenvalue weighted by Crippen LogP contribution is 2.12. The van der Waals surface area contributed by atoms with Crippen LogP contribution in [0.5, 0.6) is 5.88 Å². The third-order valence-corrected chi connectivity index (χ3v) is 2.47. The van der Waals surface area contributed by atoms with Crippen LogP contribution >= 0.6 is 0 Å². The summed E-state index contributed by atoms with van der Waals surface area (Å²) in [6, 6.07) is 3.76. The van der Waals surface area contributed by atoms with Crippen LogP contribution in [0, 0.1) is 0 Å². The van der Waals surface area contributed by atoms with Gasteiger partial charge < -0.3 is 10.1 Å². The molecule has 2 rings (SSSR count). The maximum Gasteiger partial charge on any atom is 0.218 e. The average molecular weight is 247 g/mol. The van der Waals surface area contributed by atoms with Crippen molar-refractivity contribution in [3.05, 3.63) is 30.4 Å². The minimum absolute atomic E-state index is 0.597. The number of nitrogens with one attached hydrogen (secondary N) is 1. The number of ether oxygens (including phenoxy) is 1. The second kappa shape index (κ2) is 6.00. The SMILES string of the molecule is CCCOc1cc(NCc2ccnn2C)ncn1. The van der Waals surface area contributed by atoms with E-state index in [0.29, 0.717) is 19.0 Å². The highest BCUT2D eigenvalue weighted by Gasteiger charge is 2.01. The van der Waals surface area contributed by atoms with E-state index in [2.05, 4.69) is 27.3 Å². The van der Waals surface area contributed by atoms with E-state index in [-0.39, 0.29) is 0 Å². The van der Waals surface area contributed by atoms with Gasteiger partial charge in [-0.25, -0.2) is 9.97 Å². The second-order valence-electron chi connectivity index (χ2n) is 3.89. The minimum atomic E-state index is 0.597. The van der Waals surface area contributed by atoms with Crippen LogP contribution in [0.3, 0.4) is 0 Å². The molecule has 0 saturated heterocycles. The lowest BCUT2D eigenvalue weighted by Crippen LogP contribution is -2.07. The van der Waals surface area contributed by atoms with Gasteiger partial charge in [0.05, 0.1) is 18.8 Å². The Hall–Kier alpha value is -2.11. The zero-order valence-corrected chi connectivity index (χ0v) is 10.6. The first-order valence-electron chi connectivity index (χ1n) is 5.95. The molecule has 0 amide bonds. The number of hydrogen-bond donors (Lipinski definition) is 1. The molecule has 0 spiro atoms. The molecule has 2 heterocycles. The smallest absolute Gasteiger partial charge is 0.218 e. The predicted octanol–water partition coefficient (Wildman–Crippen LogP) is 1.61. The summed E-state index contributed by atoms with van der Waals surface area (Å²) in [6.45, 7) is 3.39. The molecule has 0 unspecified atom stereocenters. The van der Waals surface area contributed by atoms with Crippen molar-refractivity contribution >= 4 is 5.82 Å². The van der Waals surface area contributed by atoms with E-state index in [1.165, 1.54) is 6.33 Å². The molecular weight excluding hydrogens is 230 g/mol. The monoisotopic (exact) mass is 247 g/mol. The summed E-state index contributed by atoms with van der Waals surface area (Å²) < 4.78 is 7.27. The molecule has 0 fully saturated rings. The summed E-state index contributed by atoms with van der Waals surface area (Å²) >= 11 is 0. The van der Waals surface area contributed by atoms with Crippen LogP contribution in [0.4, 0.5) is 5.82 Å². The summed E-state index contributed by atoms with van der Waals surface area (Å²) in [5.74, 6) is 1.34. The Balaban J connectivity index is 1.95. The first-order chi connectivity index (χ1) is 8.79. The molecule has 0 aromatic carbocycles. The fourth-order valence-corrected chi connectivity index (χ4v) is 1.48. The van der Waals surface area contributed by atoms with E-state index in [0.717, 1.165) is 17.9 Å². The third kappa shape index (κ3) is 3.19. The fraction of sp³-hybridized carbons (Fsp3) is 0.417. The summed E-state index contributed by atoms with van der Waals surface area (Å²) in [6.07, 6.45) is 4.23. The van der Waals surface area contributed by atoms with E-state index in [1.54, 1.807) is 12.3 Å². The minimum Gasteiger partial charge on any atom is -0.478 e. The Labute approximate surface area is 106 Å². The van der Waals surface area contributed by atoms with Crippen molar-refractivity contribution in [2.75, 3.05) is 11.9 Å². The zero-order valence-electron chi connectivity index (χ0n) is 10.6. The predicted molar refractivity (Wildman–Crippen MR) is 68.4 cm³/mol. The highest BCUT2D eigenvalue weighted by molar-refractivity contribution is 5.37. The number of nitrogens with zero attached hydrogens (tertiary/aromatic N) is 4. The van der Waals surface area contributed by atoms with Crippen molar-refractivity contribution < 1.29 is 4.74 Å². The first-order valence-corrected chi connectivity index (χ1v) is 5.95. The van der Waals surface area contributed by atoms with Crippen LogP contribution in [-0.2, 0) is 13.6 Å². The molecule has 0 bridgehead atoms. The maximum atomic E-state index is 5.45. The van der Waals surface area contributed by atoms with Gasteiger partial charge >= 0.3 is 0 Å². The molecule has 18 heavy (non-hydrogen) atoms.